The first kappa shape index (κ1) is 22.5. The highest BCUT2D eigenvalue weighted by Crippen LogP contribution is 2.48. The van der Waals surface area contributed by atoms with E-state index in [-0.39, 0.29) is 24.8 Å². The Morgan fingerprint density at radius 1 is 1.23 bits per heavy atom. The SMILES string of the molecule is C=C1C=CC(=O)N1CCC(=O)NCCCCCCOP(=O)(OC)OOC. The van der Waals surface area contributed by atoms with Crippen molar-refractivity contribution in [2.45, 2.75) is 32.1 Å². The zero-order valence-corrected chi connectivity index (χ0v) is 16.2. The molecular weight excluding hydrogens is 363 g/mol. The Balaban J connectivity index is 2.00. The molecule has 0 aromatic heterocycles. The van der Waals surface area contributed by atoms with Gasteiger partial charge in [-0.25, -0.2) is 9.45 Å². The number of allylic oxidation sites excluding steroid dienone is 1. The molecule has 9 nitrogen and oxygen atoms in total. The van der Waals surface area contributed by atoms with Crippen LogP contribution < -0.4 is 5.32 Å². The fraction of sp³-hybridized carbons (Fsp3) is 0.625. The average Bonchev–Trinajstić information content (AvgIpc) is 2.93. The van der Waals surface area contributed by atoms with Crippen molar-refractivity contribution in [3.05, 3.63) is 24.4 Å². The van der Waals surface area contributed by atoms with Gasteiger partial charge in [0.05, 0.1) is 13.7 Å². The number of hydrogen-bond acceptors (Lipinski definition) is 7. The van der Waals surface area contributed by atoms with Crippen LogP contribution in [0.15, 0.2) is 24.4 Å². The molecule has 0 radical (unpaired) electrons. The minimum Gasteiger partial charge on any atom is -0.356 e. The largest absolute Gasteiger partial charge is 0.501 e. The number of carbonyl (C=O) groups excluding carboxylic acids is 2. The van der Waals surface area contributed by atoms with Crippen LogP contribution in [0.3, 0.4) is 0 Å². The summed E-state index contributed by atoms with van der Waals surface area (Å²) in [5.74, 6) is -0.238. The van der Waals surface area contributed by atoms with E-state index in [1.165, 1.54) is 25.2 Å². The van der Waals surface area contributed by atoms with Gasteiger partial charge in [-0.1, -0.05) is 19.4 Å². The first-order valence-corrected chi connectivity index (χ1v) is 9.86. The number of nitrogens with zero attached hydrogens (tertiary/aromatic N) is 1. The van der Waals surface area contributed by atoms with Crippen molar-refractivity contribution >= 4 is 19.6 Å². The summed E-state index contributed by atoms with van der Waals surface area (Å²) in [5.41, 5.74) is 0.610. The second kappa shape index (κ2) is 12.0. The number of rotatable bonds is 14. The van der Waals surface area contributed by atoms with Gasteiger partial charge in [0, 0.05) is 38.4 Å². The molecule has 0 fully saturated rings. The van der Waals surface area contributed by atoms with Gasteiger partial charge in [0.1, 0.15) is 0 Å². The minimum atomic E-state index is -3.62. The van der Waals surface area contributed by atoms with Gasteiger partial charge < -0.3 is 10.2 Å². The van der Waals surface area contributed by atoms with Crippen LogP contribution in [0.5, 0.6) is 0 Å². The number of phosphoric ester groups is 1. The predicted octanol–water partition coefficient (Wildman–Crippen LogP) is 2.31. The zero-order valence-electron chi connectivity index (χ0n) is 15.3. The van der Waals surface area contributed by atoms with Gasteiger partial charge in [0.25, 0.3) is 5.91 Å². The summed E-state index contributed by atoms with van der Waals surface area (Å²) in [6.07, 6.45) is 6.55. The fourth-order valence-corrected chi connectivity index (χ4v) is 2.97. The normalized spacial score (nSPS) is 16.2. The lowest BCUT2D eigenvalue weighted by atomic mass is 10.2. The summed E-state index contributed by atoms with van der Waals surface area (Å²) in [6, 6.07) is 0. The van der Waals surface area contributed by atoms with E-state index in [0.717, 1.165) is 19.3 Å². The van der Waals surface area contributed by atoms with Crippen molar-refractivity contribution in [3.8, 4) is 0 Å². The smallest absolute Gasteiger partial charge is 0.356 e. The summed E-state index contributed by atoms with van der Waals surface area (Å²) in [5, 5.41) is 2.82. The Morgan fingerprint density at radius 3 is 2.58 bits per heavy atom. The molecule has 1 N–H and O–H groups in total. The molecule has 0 saturated heterocycles. The Kier molecular flexibility index (Phi) is 10.4. The van der Waals surface area contributed by atoms with E-state index in [0.29, 0.717) is 25.2 Å². The van der Waals surface area contributed by atoms with E-state index < -0.39 is 7.82 Å². The van der Waals surface area contributed by atoms with E-state index in [1.54, 1.807) is 6.08 Å². The Bertz CT molecular complexity index is 547. The van der Waals surface area contributed by atoms with Crippen molar-refractivity contribution in [1.82, 2.24) is 10.2 Å². The van der Waals surface area contributed by atoms with Crippen LogP contribution in [0.2, 0.25) is 0 Å². The van der Waals surface area contributed by atoms with Gasteiger partial charge in [-0.05, 0) is 18.9 Å². The van der Waals surface area contributed by atoms with Gasteiger partial charge in [0.2, 0.25) is 5.91 Å². The number of carbonyl (C=O) groups is 2. The van der Waals surface area contributed by atoms with E-state index in [9.17, 15) is 14.2 Å². The van der Waals surface area contributed by atoms with Gasteiger partial charge in [-0.2, -0.15) is 0 Å². The molecule has 0 aromatic carbocycles. The fourth-order valence-electron chi connectivity index (χ4n) is 2.23. The minimum absolute atomic E-state index is 0.0985. The number of amides is 2. The highest BCUT2D eigenvalue weighted by molar-refractivity contribution is 7.48. The maximum atomic E-state index is 11.8. The summed E-state index contributed by atoms with van der Waals surface area (Å²) in [4.78, 5) is 29.0. The third kappa shape index (κ3) is 8.25. The van der Waals surface area contributed by atoms with E-state index >= 15 is 0 Å². The lowest BCUT2D eigenvalue weighted by molar-refractivity contribution is -0.200. The van der Waals surface area contributed by atoms with Crippen molar-refractivity contribution in [3.63, 3.8) is 0 Å². The lowest BCUT2D eigenvalue weighted by Gasteiger charge is -2.16. The molecule has 1 unspecified atom stereocenters. The number of phosphoric acid groups is 1. The highest BCUT2D eigenvalue weighted by Gasteiger charge is 2.25. The third-order valence-electron chi connectivity index (χ3n) is 3.63. The molecular formula is C16H27N2O7P. The van der Waals surface area contributed by atoms with Gasteiger partial charge >= 0.3 is 7.82 Å². The molecule has 0 bridgehead atoms. The van der Waals surface area contributed by atoms with E-state index in [2.05, 4.69) is 26.0 Å². The van der Waals surface area contributed by atoms with Crippen molar-refractivity contribution in [2.75, 3.05) is 33.9 Å². The standard InChI is InChI=1S/C16H27N2O7P/c1-14-8-9-16(20)18(14)12-10-15(19)17-11-6-4-5-7-13-24-26(21,23-3)25-22-2/h8-9H,1,4-7,10-13H2,2-3H3,(H,17,19). The monoisotopic (exact) mass is 390 g/mol. The van der Waals surface area contributed by atoms with E-state index in [1.807, 2.05) is 0 Å². The molecule has 0 aliphatic carbocycles. The molecule has 1 aliphatic heterocycles. The Labute approximate surface area is 153 Å². The van der Waals surface area contributed by atoms with Gasteiger partial charge in [-0.15, -0.1) is 4.67 Å². The Hall–Kier alpha value is -1.51. The third-order valence-corrected chi connectivity index (χ3v) is 4.90. The van der Waals surface area contributed by atoms with E-state index in [4.69, 9.17) is 4.52 Å². The number of hydrogen-bond donors (Lipinski definition) is 1. The molecule has 0 aromatic rings. The molecule has 10 heteroatoms. The molecule has 1 heterocycles. The quantitative estimate of drug-likeness (QED) is 0.210. The molecule has 148 valence electrons. The van der Waals surface area contributed by atoms with Crippen molar-refractivity contribution in [2.24, 2.45) is 0 Å². The second-order valence-corrected chi connectivity index (χ2v) is 7.20. The summed E-state index contributed by atoms with van der Waals surface area (Å²) in [6.45, 7) is 4.86. The summed E-state index contributed by atoms with van der Waals surface area (Å²) < 4.78 is 25.8. The molecule has 1 rings (SSSR count). The van der Waals surface area contributed by atoms with Crippen LogP contribution in [-0.4, -0.2) is 50.6 Å². The van der Waals surface area contributed by atoms with Gasteiger partial charge in [-0.3, -0.25) is 18.6 Å². The van der Waals surface area contributed by atoms with Crippen molar-refractivity contribution < 1.29 is 32.8 Å². The number of unbranched alkanes of at least 4 members (excludes halogenated alkanes) is 3. The van der Waals surface area contributed by atoms with Crippen LogP contribution in [0.4, 0.5) is 0 Å². The summed E-state index contributed by atoms with van der Waals surface area (Å²) in [7, 11) is -1.18. The highest BCUT2D eigenvalue weighted by atomic mass is 31.2. The van der Waals surface area contributed by atoms with Crippen LogP contribution in [-0.2, 0) is 32.8 Å². The van der Waals surface area contributed by atoms with Crippen LogP contribution in [0.25, 0.3) is 0 Å². The number of nitrogens with one attached hydrogen (secondary N) is 1. The maximum Gasteiger partial charge on any atom is 0.501 e. The van der Waals surface area contributed by atoms with Crippen LogP contribution >= 0.6 is 7.82 Å². The van der Waals surface area contributed by atoms with Crippen molar-refractivity contribution in [1.29, 1.82) is 0 Å². The zero-order chi connectivity index (χ0) is 19.4. The molecule has 0 spiro atoms. The second-order valence-electron chi connectivity index (χ2n) is 5.53. The molecule has 1 atom stereocenters. The summed E-state index contributed by atoms with van der Waals surface area (Å²) >= 11 is 0. The molecule has 1 aliphatic rings. The Morgan fingerprint density at radius 2 is 1.96 bits per heavy atom. The average molecular weight is 390 g/mol. The lowest BCUT2D eigenvalue weighted by Crippen LogP contribution is -2.31. The molecule has 0 saturated carbocycles. The first-order valence-electron chi connectivity index (χ1n) is 8.40. The van der Waals surface area contributed by atoms with Crippen LogP contribution in [0.1, 0.15) is 32.1 Å². The predicted molar refractivity (Wildman–Crippen MR) is 94.7 cm³/mol. The first-order chi connectivity index (χ1) is 12.4. The molecule has 2 amide bonds. The van der Waals surface area contributed by atoms with Crippen LogP contribution in [0, 0.1) is 0 Å². The topological polar surface area (TPSA) is 103 Å². The van der Waals surface area contributed by atoms with Gasteiger partial charge in [0.15, 0.2) is 0 Å². The maximum absolute atomic E-state index is 11.8. The molecule has 26 heavy (non-hydrogen) atoms.